The van der Waals surface area contributed by atoms with Gasteiger partial charge in [0.1, 0.15) is 0 Å². The molecule has 0 saturated heterocycles. The Labute approximate surface area is 81.0 Å². The van der Waals surface area contributed by atoms with Crippen LogP contribution < -0.4 is 11.3 Å². The van der Waals surface area contributed by atoms with Gasteiger partial charge < -0.3 is 0 Å². The van der Waals surface area contributed by atoms with Gasteiger partial charge >= 0.3 is 22.3 Å². The van der Waals surface area contributed by atoms with Crippen LogP contribution in [-0.4, -0.2) is 32.2 Å². The lowest BCUT2D eigenvalue weighted by molar-refractivity contribution is -0.0510. The number of nitrogens with two attached hydrogens (primary N) is 1. The molecule has 0 aliphatic heterocycles. The molecule has 0 fully saturated rings. The minimum absolute atomic E-state index is 1.65. The fourth-order valence-corrected chi connectivity index (χ4v) is 0. The Morgan fingerprint density at radius 2 is 1.33 bits per heavy atom. The summed E-state index contributed by atoms with van der Waals surface area (Å²) in [6.45, 7) is -3.67. The van der Waals surface area contributed by atoms with E-state index in [1.165, 1.54) is 0 Å². The van der Waals surface area contributed by atoms with Crippen molar-refractivity contribution in [3.63, 3.8) is 0 Å². The predicted molar refractivity (Wildman–Crippen MR) is 38.0 cm³/mol. The highest BCUT2D eigenvalue weighted by atomic mass is 32.2. The Morgan fingerprint density at radius 3 is 1.33 bits per heavy atom. The van der Waals surface area contributed by atoms with Gasteiger partial charge in [0, 0.05) is 0 Å². The topological polar surface area (TPSA) is 92.4 Å². The van der Waals surface area contributed by atoms with Gasteiger partial charge in [-0.05, 0) is 7.05 Å². The van der Waals surface area contributed by atoms with E-state index in [1.54, 1.807) is 7.05 Å². The minimum atomic E-state index is -5.84. The lowest BCUT2D eigenvalue weighted by atomic mass is 11.5. The molecule has 5 nitrogen and oxygen atoms in total. The third-order valence-electron chi connectivity index (χ3n) is 0.292. The first kappa shape index (κ1) is 19.9. The van der Waals surface area contributed by atoms with E-state index in [-0.39, 0.29) is 0 Å². The number of rotatable bonds is 0. The van der Waals surface area contributed by atoms with Crippen LogP contribution >= 0.6 is 0 Å². The normalized spacial score (nSPS) is 11.1. The maximum Gasteiger partial charge on any atom is 0.522 e. The van der Waals surface area contributed by atoms with Crippen molar-refractivity contribution >= 4 is 10.1 Å². The monoisotopic (exact) mass is 266 g/mol. The summed E-state index contributed by atoms with van der Waals surface area (Å²) in [6, 6.07) is 0. The summed E-state index contributed by atoms with van der Waals surface area (Å²) in [5.74, 6) is 4.60. The molecule has 0 radical (unpaired) electrons. The summed E-state index contributed by atoms with van der Waals surface area (Å²) >= 11 is 0. The summed E-state index contributed by atoms with van der Waals surface area (Å²) in [6.07, 6.45) is 0. The number of hydrazine groups is 1. The first-order valence-corrected chi connectivity index (χ1v) is 4.17. The molecule has 0 aromatic carbocycles. The fraction of sp³-hybridized carbons (Fsp3) is 1.00. The zero-order valence-electron chi connectivity index (χ0n) is 7.09. The van der Waals surface area contributed by atoms with Gasteiger partial charge in [0.05, 0.1) is 0 Å². The van der Waals surface area contributed by atoms with E-state index in [0.717, 1.165) is 0 Å². The highest BCUT2D eigenvalue weighted by Gasteiger charge is 2.44. The molecule has 0 amide bonds. The summed E-state index contributed by atoms with van der Waals surface area (Å²) in [4.78, 5) is 0. The number of halogens is 6. The van der Waals surface area contributed by atoms with Gasteiger partial charge in [-0.2, -0.15) is 34.8 Å². The quantitative estimate of drug-likeness (QED) is 0.197. The molecule has 4 N–H and O–H groups in total. The van der Waals surface area contributed by atoms with Gasteiger partial charge in [-0.3, -0.25) is 15.8 Å². The molecule has 0 aromatic rings. The predicted octanol–water partition coefficient (Wildman–Crippen LogP) is 0.652. The molecule has 0 heterocycles. The van der Waals surface area contributed by atoms with Gasteiger partial charge in [-0.1, -0.05) is 0 Å². The largest absolute Gasteiger partial charge is 0.522 e. The van der Waals surface area contributed by atoms with Crippen molar-refractivity contribution in [2.45, 2.75) is 12.2 Å². The van der Waals surface area contributed by atoms with Gasteiger partial charge in [0.2, 0.25) is 0 Å². The Bertz CT molecular complexity index is 224. The molecule has 0 atom stereocenters. The summed E-state index contributed by atoms with van der Waals surface area (Å²) in [5.41, 5.74) is -3.28. The second-order valence-corrected chi connectivity index (χ2v) is 2.87. The maximum atomic E-state index is 10.7. The summed E-state index contributed by atoms with van der Waals surface area (Å²) in [5, 5.41) is 0. The molecule has 15 heavy (non-hydrogen) atoms. The molecular formula is C3H8F6N2O3S. The van der Waals surface area contributed by atoms with Crippen molar-refractivity contribution in [2.24, 2.45) is 5.84 Å². The van der Waals surface area contributed by atoms with Gasteiger partial charge in [-0.25, -0.2) is 0 Å². The van der Waals surface area contributed by atoms with Gasteiger partial charge in [-0.15, -0.1) is 0 Å². The summed E-state index contributed by atoms with van der Waals surface area (Å²) in [7, 11) is -4.19. The van der Waals surface area contributed by atoms with Crippen LogP contribution in [0.25, 0.3) is 0 Å². The lowest BCUT2D eigenvalue weighted by Gasteiger charge is -1.97. The van der Waals surface area contributed by atoms with Crippen molar-refractivity contribution in [2.75, 3.05) is 7.05 Å². The Hall–Kier alpha value is -0.590. The van der Waals surface area contributed by atoms with Crippen molar-refractivity contribution in [1.29, 1.82) is 0 Å². The Morgan fingerprint density at radius 1 is 1.27 bits per heavy atom. The average Bonchev–Trinajstić information content (AvgIpc) is 1.81. The first-order valence-electron chi connectivity index (χ1n) is 2.73. The second kappa shape index (κ2) is 8.70. The molecule has 0 aliphatic rings. The molecule has 0 saturated carbocycles. The van der Waals surface area contributed by atoms with Crippen LogP contribution in [0.2, 0.25) is 0 Å². The van der Waals surface area contributed by atoms with E-state index >= 15 is 0 Å². The van der Waals surface area contributed by atoms with Crippen molar-refractivity contribution < 1.29 is 39.3 Å². The Kier molecular flexibility index (Phi) is 11.5. The van der Waals surface area contributed by atoms with Crippen LogP contribution in [0.15, 0.2) is 0 Å². The van der Waals surface area contributed by atoms with Gasteiger partial charge in [0.25, 0.3) is 0 Å². The highest BCUT2D eigenvalue weighted by molar-refractivity contribution is 7.86. The van der Waals surface area contributed by atoms with Crippen molar-refractivity contribution in [3.05, 3.63) is 0 Å². The van der Waals surface area contributed by atoms with Crippen molar-refractivity contribution in [3.8, 4) is 0 Å². The van der Waals surface area contributed by atoms with E-state index in [9.17, 15) is 26.3 Å². The van der Waals surface area contributed by atoms with E-state index in [2.05, 4.69) is 11.3 Å². The van der Waals surface area contributed by atoms with Gasteiger partial charge in [0.15, 0.2) is 0 Å². The zero-order valence-corrected chi connectivity index (χ0v) is 7.91. The average molecular weight is 266 g/mol. The highest BCUT2D eigenvalue weighted by Crippen LogP contribution is 2.20. The van der Waals surface area contributed by atoms with Crippen LogP contribution in [0.1, 0.15) is 0 Å². The third-order valence-corrected chi connectivity index (χ3v) is 0.877. The molecule has 0 bridgehead atoms. The second-order valence-electron chi connectivity index (χ2n) is 1.46. The molecule has 0 aliphatic carbocycles. The van der Waals surface area contributed by atoms with E-state index in [0.29, 0.717) is 0 Å². The third kappa shape index (κ3) is 24.7. The SMILES string of the molecule is CNN.FC(F)F.O=S(=O)(O)C(F)(F)F. The molecule has 0 spiro atoms. The molecular weight excluding hydrogens is 258 g/mol. The molecule has 0 rings (SSSR count). The van der Waals surface area contributed by atoms with E-state index in [4.69, 9.17) is 13.0 Å². The minimum Gasteiger partial charge on any atom is -0.279 e. The number of nitrogens with one attached hydrogen (secondary N) is 1. The molecule has 12 heteroatoms. The number of alkyl halides is 6. The lowest BCUT2D eigenvalue weighted by Crippen LogP contribution is -2.21. The number of hydrogen-bond acceptors (Lipinski definition) is 4. The first-order chi connectivity index (χ1) is 6.40. The smallest absolute Gasteiger partial charge is 0.279 e. The molecule has 96 valence electrons. The maximum absolute atomic E-state index is 10.7. The van der Waals surface area contributed by atoms with E-state index in [1.807, 2.05) is 0 Å². The number of hydrogen-bond donors (Lipinski definition) is 3. The molecule has 0 unspecified atom stereocenters. The van der Waals surface area contributed by atoms with Crippen LogP contribution in [0, 0.1) is 0 Å². The standard InChI is InChI=1S/CHF3O3S.CHF3.CH6N2/c2-1(3,4)8(5,6)7;2-1(3)4;1-3-2/h(H,5,6,7);1H;3H,2H2,1H3. The zero-order chi connectivity index (χ0) is 13.3. The van der Waals surface area contributed by atoms with Crippen LogP contribution in [0.4, 0.5) is 26.3 Å². The van der Waals surface area contributed by atoms with Crippen molar-refractivity contribution in [1.82, 2.24) is 5.43 Å². The summed E-state index contributed by atoms with van der Waals surface area (Å²) < 4.78 is 86.5. The Balaban J connectivity index is -0.000000173. The fourth-order valence-electron chi connectivity index (χ4n) is 0. The van der Waals surface area contributed by atoms with Crippen LogP contribution in [0.3, 0.4) is 0 Å². The van der Waals surface area contributed by atoms with E-state index < -0.39 is 22.3 Å². The van der Waals surface area contributed by atoms with Crippen LogP contribution in [0.5, 0.6) is 0 Å². The molecule has 0 aromatic heterocycles. The van der Waals surface area contributed by atoms with Crippen LogP contribution in [-0.2, 0) is 10.1 Å².